The van der Waals surface area contributed by atoms with E-state index < -0.39 is 6.09 Å². The molecule has 6 heteroatoms. The van der Waals surface area contributed by atoms with Crippen LogP contribution in [0.5, 0.6) is 0 Å². The van der Waals surface area contributed by atoms with E-state index in [1.807, 2.05) is 47.4 Å². The lowest BCUT2D eigenvalue weighted by atomic mass is 9.60. The predicted molar refractivity (Wildman–Crippen MR) is 116 cm³/mol. The van der Waals surface area contributed by atoms with E-state index in [0.29, 0.717) is 19.5 Å². The molecule has 2 aromatic carbocycles. The highest BCUT2D eigenvalue weighted by molar-refractivity contribution is 5.81. The second-order valence-corrected chi connectivity index (χ2v) is 9.16. The van der Waals surface area contributed by atoms with Crippen molar-refractivity contribution in [3.63, 3.8) is 0 Å². The SMILES string of the molecule is O=C(O)N1CCC2(CC1)CC1CC(=O)N(C(CO)c3ccccc3)C1c1ccccc12. The Kier molecular flexibility index (Phi) is 4.97. The molecule has 2 amide bonds. The number of carbonyl (C=O) groups is 2. The highest BCUT2D eigenvalue weighted by atomic mass is 16.4. The smallest absolute Gasteiger partial charge is 0.407 e. The number of nitrogens with zero attached hydrogens (tertiary/aromatic N) is 2. The van der Waals surface area contributed by atoms with Gasteiger partial charge in [0.1, 0.15) is 0 Å². The molecule has 31 heavy (non-hydrogen) atoms. The van der Waals surface area contributed by atoms with Gasteiger partial charge in [-0.05, 0) is 47.3 Å². The highest BCUT2D eigenvalue weighted by Crippen LogP contribution is 2.56. The third-order valence-electron chi connectivity index (χ3n) is 7.66. The normalized spacial score (nSPS) is 25.3. The summed E-state index contributed by atoms with van der Waals surface area (Å²) in [7, 11) is 0. The Bertz CT molecular complexity index is 984. The molecule has 5 rings (SSSR count). The molecule has 3 atom stereocenters. The van der Waals surface area contributed by atoms with Gasteiger partial charge in [-0.15, -0.1) is 0 Å². The summed E-state index contributed by atoms with van der Waals surface area (Å²) in [5, 5.41) is 19.7. The number of piperidine rings is 1. The Hall–Kier alpha value is -2.86. The van der Waals surface area contributed by atoms with Crippen LogP contribution in [0.25, 0.3) is 0 Å². The number of hydrogen-bond acceptors (Lipinski definition) is 3. The number of amides is 2. The molecule has 162 valence electrons. The third kappa shape index (κ3) is 3.21. The summed E-state index contributed by atoms with van der Waals surface area (Å²) in [4.78, 5) is 28.1. The van der Waals surface area contributed by atoms with Gasteiger partial charge in [-0.2, -0.15) is 0 Å². The minimum absolute atomic E-state index is 0.0517. The van der Waals surface area contributed by atoms with Crippen LogP contribution in [0.1, 0.15) is 54.5 Å². The van der Waals surface area contributed by atoms with Gasteiger partial charge in [0.15, 0.2) is 0 Å². The monoisotopic (exact) mass is 420 g/mol. The Morgan fingerprint density at radius 2 is 1.74 bits per heavy atom. The highest BCUT2D eigenvalue weighted by Gasteiger charge is 2.53. The fourth-order valence-corrected chi connectivity index (χ4v) is 6.26. The molecule has 1 spiro atoms. The molecular weight excluding hydrogens is 392 g/mol. The minimum Gasteiger partial charge on any atom is -0.465 e. The zero-order valence-electron chi connectivity index (χ0n) is 17.5. The van der Waals surface area contributed by atoms with Crippen LogP contribution in [0.3, 0.4) is 0 Å². The van der Waals surface area contributed by atoms with Crippen LogP contribution >= 0.6 is 0 Å². The van der Waals surface area contributed by atoms with Gasteiger partial charge in [0.25, 0.3) is 0 Å². The fourth-order valence-electron chi connectivity index (χ4n) is 6.26. The average molecular weight is 421 g/mol. The molecule has 0 saturated carbocycles. The molecule has 0 bridgehead atoms. The van der Waals surface area contributed by atoms with Crippen molar-refractivity contribution in [2.75, 3.05) is 19.7 Å². The number of carbonyl (C=O) groups excluding carboxylic acids is 1. The van der Waals surface area contributed by atoms with Gasteiger partial charge in [0, 0.05) is 19.5 Å². The molecule has 3 unspecified atom stereocenters. The Morgan fingerprint density at radius 3 is 2.42 bits per heavy atom. The summed E-state index contributed by atoms with van der Waals surface area (Å²) in [6.07, 6.45) is 2.09. The molecule has 2 aliphatic heterocycles. The van der Waals surface area contributed by atoms with Crippen LogP contribution in [0.4, 0.5) is 4.79 Å². The molecule has 2 heterocycles. The van der Waals surface area contributed by atoms with Crippen molar-refractivity contribution in [3.8, 4) is 0 Å². The molecule has 2 saturated heterocycles. The zero-order valence-corrected chi connectivity index (χ0v) is 17.5. The summed E-state index contributed by atoms with van der Waals surface area (Å²) in [6, 6.07) is 17.7. The number of hydrogen-bond donors (Lipinski definition) is 2. The summed E-state index contributed by atoms with van der Waals surface area (Å²) < 4.78 is 0. The Labute approximate surface area is 182 Å². The van der Waals surface area contributed by atoms with Crippen LogP contribution in [-0.4, -0.2) is 51.7 Å². The number of fused-ring (bicyclic) bond motifs is 4. The third-order valence-corrected chi connectivity index (χ3v) is 7.66. The second kappa shape index (κ2) is 7.68. The van der Waals surface area contributed by atoms with Gasteiger partial charge >= 0.3 is 6.09 Å². The lowest BCUT2D eigenvalue weighted by Gasteiger charge is -2.49. The standard InChI is InChI=1S/C25H28N2O4/c28-16-21(17-6-2-1-3-7-17)27-22(29)14-18-15-25(10-12-26(13-11-25)24(30)31)20-9-5-4-8-19(20)23(18)27/h1-9,18,21,23,28H,10-16H2,(H,30,31). The first-order valence-electron chi connectivity index (χ1n) is 11.1. The molecule has 2 fully saturated rings. The predicted octanol–water partition coefficient (Wildman–Crippen LogP) is 3.73. The first-order valence-corrected chi connectivity index (χ1v) is 11.1. The van der Waals surface area contributed by atoms with E-state index in [1.54, 1.807) is 0 Å². The van der Waals surface area contributed by atoms with Crippen LogP contribution in [0, 0.1) is 5.92 Å². The van der Waals surface area contributed by atoms with E-state index in [9.17, 15) is 19.8 Å². The molecular formula is C25H28N2O4. The molecule has 2 aromatic rings. The van der Waals surface area contributed by atoms with Crippen molar-refractivity contribution < 1.29 is 19.8 Å². The number of likely N-dealkylation sites (tertiary alicyclic amines) is 2. The molecule has 1 aliphatic carbocycles. The summed E-state index contributed by atoms with van der Waals surface area (Å²) in [5.74, 6) is 0.268. The average Bonchev–Trinajstić information content (AvgIpc) is 3.11. The van der Waals surface area contributed by atoms with Gasteiger partial charge in [-0.3, -0.25) is 4.79 Å². The van der Waals surface area contributed by atoms with Crippen LogP contribution in [0.2, 0.25) is 0 Å². The fraction of sp³-hybridized carbons (Fsp3) is 0.440. The molecule has 0 radical (unpaired) electrons. The number of rotatable bonds is 3. The minimum atomic E-state index is -0.854. The second-order valence-electron chi connectivity index (χ2n) is 9.16. The van der Waals surface area contributed by atoms with Crippen molar-refractivity contribution in [1.29, 1.82) is 0 Å². The maximum atomic E-state index is 13.3. The van der Waals surface area contributed by atoms with Crippen molar-refractivity contribution in [2.24, 2.45) is 5.92 Å². The largest absolute Gasteiger partial charge is 0.465 e. The van der Waals surface area contributed by atoms with Gasteiger partial charge in [0.05, 0.1) is 18.7 Å². The number of carboxylic acid groups (broad SMARTS) is 1. The van der Waals surface area contributed by atoms with Crippen molar-refractivity contribution in [2.45, 2.75) is 43.2 Å². The van der Waals surface area contributed by atoms with Gasteiger partial charge in [-0.25, -0.2) is 4.79 Å². The van der Waals surface area contributed by atoms with E-state index in [2.05, 4.69) is 12.1 Å². The summed E-state index contributed by atoms with van der Waals surface area (Å²) >= 11 is 0. The van der Waals surface area contributed by atoms with E-state index in [0.717, 1.165) is 24.8 Å². The topological polar surface area (TPSA) is 81.1 Å². The number of aliphatic hydroxyl groups is 1. The number of benzene rings is 2. The van der Waals surface area contributed by atoms with E-state index in [-0.39, 0.29) is 35.9 Å². The van der Waals surface area contributed by atoms with Crippen molar-refractivity contribution in [1.82, 2.24) is 9.80 Å². The van der Waals surface area contributed by atoms with E-state index >= 15 is 0 Å². The van der Waals surface area contributed by atoms with Crippen LogP contribution < -0.4 is 0 Å². The van der Waals surface area contributed by atoms with Gasteiger partial charge < -0.3 is 20.0 Å². The summed E-state index contributed by atoms with van der Waals surface area (Å²) in [5.41, 5.74) is 3.29. The quantitative estimate of drug-likeness (QED) is 0.793. The van der Waals surface area contributed by atoms with Crippen LogP contribution in [0.15, 0.2) is 54.6 Å². The molecule has 0 aromatic heterocycles. The number of aliphatic hydroxyl groups excluding tert-OH is 1. The Balaban J connectivity index is 1.54. The molecule has 2 N–H and O–H groups in total. The lowest BCUT2D eigenvalue weighted by molar-refractivity contribution is -0.132. The van der Waals surface area contributed by atoms with Gasteiger partial charge in [-0.1, -0.05) is 54.6 Å². The van der Waals surface area contributed by atoms with E-state index in [4.69, 9.17) is 0 Å². The molecule has 3 aliphatic rings. The summed E-state index contributed by atoms with van der Waals surface area (Å²) in [6.45, 7) is 0.948. The van der Waals surface area contributed by atoms with Crippen molar-refractivity contribution in [3.05, 3.63) is 71.3 Å². The zero-order chi connectivity index (χ0) is 21.6. The Morgan fingerprint density at radius 1 is 1.06 bits per heavy atom. The maximum absolute atomic E-state index is 13.3. The van der Waals surface area contributed by atoms with E-state index in [1.165, 1.54) is 16.0 Å². The molecule has 6 nitrogen and oxygen atoms in total. The van der Waals surface area contributed by atoms with Crippen LogP contribution in [-0.2, 0) is 10.2 Å². The lowest BCUT2D eigenvalue weighted by Crippen LogP contribution is -2.48. The first-order chi connectivity index (χ1) is 15.0. The van der Waals surface area contributed by atoms with Crippen molar-refractivity contribution >= 4 is 12.0 Å². The first kappa shape index (κ1) is 20.1. The maximum Gasteiger partial charge on any atom is 0.407 e. The van der Waals surface area contributed by atoms with Gasteiger partial charge in [0.2, 0.25) is 5.91 Å².